The van der Waals surface area contributed by atoms with Crippen molar-refractivity contribution in [3.05, 3.63) is 88.6 Å². The molecule has 5 rings (SSSR count). The number of nitrogens with one attached hydrogen (secondary N) is 1. The van der Waals surface area contributed by atoms with Crippen molar-refractivity contribution in [1.82, 2.24) is 24.3 Å². The SMILES string of the molecule is COc1cc(-c2cc(F)cc3c2n(C)c(=O)n3CC(=O)N(C)c2ccc(F)cc2)cc(F)c1OCc1ncn[nH]1. The molecule has 0 radical (unpaired) electrons. The second-order valence-electron chi connectivity index (χ2n) is 8.89. The third-order valence-corrected chi connectivity index (χ3v) is 6.44. The van der Waals surface area contributed by atoms with Gasteiger partial charge in [0.05, 0.1) is 18.1 Å². The molecule has 13 heteroatoms. The van der Waals surface area contributed by atoms with Crippen molar-refractivity contribution in [3.63, 3.8) is 0 Å². The number of methoxy groups -OCH3 is 1. The van der Waals surface area contributed by atoms with E-state index < -0.39 is 35.6 Å². The van der Waals surface area contributed by atoms with E-state index >= 15 is 4.39 Å². The molecule has 0 saturated carbocycles. The van der Waals surface area contributed by atoms with Crippen LogP contribution in [0.1, 0.15) is 5.82 Å². The molecule has 0 aliphatic rings. The van der Waals surface area contributed by atoms with Gasteiger partial charge in [-0.3, -0.25) is 19.0 Å². The summed E-state index contributed by atoms with van der Waals surface area (Å²) in [5.41, 5.74) is 0.663. The van der Waals surface area contributed by atoms with Gasteiger partial charge < -0.3 is 14.4 Å². The highest BCUT2D eigenvalue weighted by molar-refractivity contribution is 5.96. The topological polar surface area (TPSA) is 107 Å². The van der Waals surface area contributed by atoms with Gasteiger partial charge in [0.15, 0.2) is 23.1 Å². The van der Waals surface area contributed by atoms with Crippen molar-refractivity contribution in [2.75, 3.05) is 19.1 Å². The second kappa shape index (κ2) is 10.6. The lowest BCUT2D eigenvalue weighted by molar-refractivity contribution is -0.118. The van der Waals surface area contributed by atoms with Gasteiger partial charge in [0.25, 0.3) is 0 Å². The molecule has 0 bridgehead atoms. The van der Waals surface area contributed by atoms with E-state index in [9.17, 15) is 18.4 Å². The number of hydrogen-bond donors (Lipinski definition) is 1. The van der Waals surface area contributed by atoms with Gasteiger partial charge in [-0.25, -0.2) is 22.9 Å². The summed E-state index contributed by atoms with van der Waals surface area (Å²) in [4.78, 5) is 31.4. The first kappa shape index (κ1) is 26.5. The third kappa shape index (κ3) is 4.88. The number of hydrogen-bond acceptors (Lipinski definition) is 6. The first-order chi connectivity index (χ1) is 19.2. The summed E-state index contributed by atoms with van der Waals surface area (Å²) in [7, 11) is 4.29. The molecule has 1 N–H and O–H groups in total. The van der Waals surface area contributed by atoms with E-state index in [2.05, 4.69) is 15.2 Å². The zero-order valence-corrected chi connectivity index (χ0v) is 21.6. The third-order valence-electron chi connectivity index (χ3n) is 6.44. The maximum absolute atomic E-state index is 15.3. The van der Waals surface area contributed by atoms with E-state index in [0.29, 0.717) is 11.5 Å². The van der Waals surface area contributed by atoms with E-state index in [-0.39, 0.29) is 40.3 Å². The normalized spacial score (nSPS) is 11.2. The predicted molar refractivity (Wildman–Crippen MR) is 140 cm³/mol. The van der Waals surface area contributed by atoms with E-state index in [1.807, 2.05) is 0 Å². The fraction of sp³-hybridized carbons (Fsp3) is 0.185. The number of imidazole rings is 1. The van der Waals surface area contributed by atoms with Crippen LogP contribution < -0.4 is 20.1 Å². The molecule has 3 aromatic carbocycles. The van der Waals surface area contributed by atoms with Crippen molar-refractivity contribution in [3.8, 4) is 22.6 Å². The maximum Gasteiger partial charge on any atom is 0.329 e. The number of carbonyl (C=O) groups excluding carboxylic acids is 1. The highest BCUT2D eigenvalue weighted by Gasteiger charge is 2.23. The van der Waals surface area contributed by atoms with Gasteiger partial charge in [0.1, 0.15) is 31.1 Å². The number of H-pyrrole nitrogens is 1. The van der Waals surface area contributed by atoms with E-state index in [1.54, 1.807) is 0 Å². The molecule has 1 amide bonds. The molecule has 2 aromatic heterocycles. The Morgan fingerprint density at radius 3 is 2.50 bits per heavy atom. The zero-order chi connectivity index (χ0) is 28.6. The molecule has 0 aliphatic heterocycles. The average Bonchev–Trinajstić information content (AvgIpc) is 3.54. The van der Waals surface area contributed by atoms with Crippen LogP contribution in [0.5, 0.6) is 11.5 Å². The van der Waals surface area contributed by atoms with Crippen LogP contribution in [0.3, 0.4) is 0 Å². The minimum Gasteiger partial charge on any atom is -0.493 e. The van der Waals surface area contributed by atoms with E-state index in [0.717, 1.165) is 16.7 Å². The van der Waals surface area contributed by atoms with Crippen LogP contribution >= 0.6 is 0 Å². The lowest BCUT2D eigenvalue weighted by atomic mass is 10.0. The summed E-state index contributed by atoms with van der Waals surface area (Å²) in [5.74, 6) is -2.22. The largest absolute Gasteiger partial charge is 0.493 e. The molecule has 0 fully saturated rings. The minimum absolute atomic E-state index is 0.0347. The summed E-state index contributed by atoms with van der Waals surface area (Å²) < 4.78 is 56.7. The Hall–Kier alpha value is -5.07. The molecule has 10 nitrogen and oxygen atoms in total. The maximum atomic E-state index is 15.3. The Balaban J connectivity index is 1.54. The monoisotopic (exact) mass is 552 g/mol. The molecule has 0 saturated heterocycles. The number of amides is 1. The van der Waals surface area contributed by atoms with E-state index in [1.165, 1.54) is 73.4 Å². The summed E-state index contributed by atoms with van der Waals surface area (Å²) in [6, 6.07) is 10.2. The van der Waals surface area contributed by atoms with Crippen LogP contribution in [0, 0.1) is 17.5 Å². The Kier molecular flexibility index (Phi) is 7.03. The Labute approximate surface area is 225 Å². The molecule has 0 spiro atoms. The smallest absolute Gasteiger partial charge is 0.329 e. The van der Waals surface area contributed by atoms with Gasteiger partial charge in [-0.2, -0.15) is 5.10 Å². The van der Waals surface area contributed by atoms with Gasteiger partial charge in [-0.15, -0.1) is 0 Å². The first-order valence-electron chi connectivity index (χ1n) is 11.9. The second-order valence-corrected chi connectivity index (χ2v) is 8.89. The number of halogens is 3. The molecular weight excluding hydrogens is 529 g/mol. The van der Waals surface area contributed by atoms with Gasteiger partial charge in [0.2, 0.25) is 5.91 Å². The number of nitrogens with zero attached hydrogens (tertiary/aromatic N) is 5. The predicted octanol–water partition coefficient (Wildman–Crippen LogP) is 3.79. The number of aromatic nitrogens is 5. The van der Waals surface area contributed by atoms with Crippen LogP contribution in [0.4, 0.5) is 18.9 Å². The van der Waals surface area contributed by atoms with Crippen LogP contribution in [0.25, 0.3) is 22.2 Å². The highest BCUT2D eigenvalue weighted by atomic mass is 19.1. The molecule has 0 aliphatic carbocycles. The number of fused-ring (bicyclic) bond motifs is 1. The summed E-state index contributed by atoms with van der Waals surface area (Å²) in [6.07, 6.45) is 1.29. The van der Waals surface area contributed by atoms with Crippen LogP contribution in [0.2, 0.25) is 0 Å². The molecule has 206 valence electrons. The van der Waals surface area contributed by atoms with Gasteiger partial charge in [-0.1, -0.05) is 0 Å². The number of rotatable bonds is 8. The zero-order valence-electron chi connectivity index (χ0n) is 21.6. The van der Waals surface area contributed by atoms with Crippen molar-refractivity contribution in [2.24, 2.45) is 7.05 Å². The van der Waals surface area contributed by atoms with Crippen LogP contribution in [0.15, 0.2) is 59.7 Å². The quantitative estimate of drug-likeness (QED) is 0.314. The standard InChI is InChI=1S/C27H23F3N6O4/c1-34(18-6-4-16(28)5-7-18)24(37)12-36-21-11-17(29)10-19(25(21)35(2)27(36)38)15-8-20(30)26(22(9-15)39-3)40-13-23-31-14-32-33-23/h4-11,14H,12-13H2,1-3H3,(H,31,32,33). The van der Waals surface area contributed by atoms with Gasteiger partial charge in [0, 0.05) is 25.3 Å². The summed E-state index contributed by atoms with van der Waals surface area (Å²) >= 11 is 0. The van der Waals surface area contributed by atoms with Gasteiger partial charge >= 0.3 is 5.69 Å². The van der Waals surface area contributed by atoms with Crippen molar-refractivity contribution < 1.29 is 27.4 Å². The number of aromatic amines is 1. The lowest BCUT2D eigenvalue weighted by Gasteiger charge is -2.17. The summed E-state index contributed by atoms with van der Waals surface area (Å²) in [5, 5.41) is 6.32. The highest BCUT2D eigenvalue weighted by Crippen LogP contribution is 2.38. The van der Waals surface area contributed by atoms with Crippen molar-refractivity contribution in [1.29, 1.82) is 0 Å². The fourth-order valence-corrected chi connectivity index (χ4v) is 4.40. The lowest BCUT2D eigenvalue weighted by Crippen LogP contribution is -2.34. The Morgan fingerprint density at radius 2 is 1.82 bits per heavy atom. The molecular formula is C27H23F3N6O4. The number of carbonyl (C=O) groups is 1. The average molecular weight is 553 g/mol. The minimum atomic E-state index is -0.785. The fourth-order valence-electron chi connectivity index (χ4n) is 4.40. The Bertz CT molecular complexity index is 1760. The van der Waals surface area contributed by atoms with Crippen molar-refractivity contribution in [2.45, 2.75) is 13.2 Å². The number of ether oxygens (including phenoxy) is 2. The molecule has 0 atom stereocenters. The number of benzene rings is 3. The molecule has 5 aromatic rings. The molecule has 0 unspecified atom stereocenters. The van der Waals surface area contributed by atoms with Gasteiger partial charge in [-0.05, 0) is 54.1 Å². The van der Waals surface area contributed by atoms with Crippen molar-refractivity contribution >= 4 is 22.6 Å². The van der Waals surface area contributed by atoms with Crippen LogP contribution in [-0.4, -0.2) is 44.4 Å². The Morgan fingerprint density at radius 1 is 1.07 bits per heavy atom. The van der Waals surface area contributed by atoms with E-state index in [4.69, 9.17) is 9.47 Å². The van der Waals surface area contributed by atoms with Crippen LogP contribution in [-0.2, 0) is 25.0 Å². The summed E-state index contributed by atoms with van der Waals surface area (Å²) in [6.45, 7) is -0.520. The first-order valence-corrected chi connectivity index (χ1v) is 11.9. The number of likely N-dealkylation sites (N-methyl/N-ethyl adjacent to an activating group) is 1. The number of anilines is 1. The molecule has 40 heavy (non-hydrogen) atoms. The molecule has 2 heterocycles. The number of aryl methyl sites for hydroxylation is 1.